The van der Waals surface area contributed by atoms with Gasteiger partial charge in [-0.25, -0.2) is 4.98 Å². The Morgan fingerprint density at radius 1 is 1.07 bits per heavy atom. The predicted octanol–water partition coefficient (Wildman–Crippen LogP) is 4.71. The van der Waals surface area contributed by atoms with Crippen LogP contribution in [0.25, 0.3) is 27.4 Å². The van der Waals surface area contributed by atoms with Gasteiger partial charge in [-0.15, -0.1) is 11.3 Å². The second kappa shape index (κ2) is 7.92. The number of rotatable bonds is 6. The van der Waals surface area contributed by atoms with Gasteiger partial charge in [0.05, 0.1) is 15.9 Å². The second-order valence-corrected chi connectivity index (χ2v) is 7.64. The van der Waals surface area contributed by atoms with E-state index in [1.165, 1.54) is 0 Å². The molecule has 2 aromatic carbocycles. The van der Waals surface area contributed by atoms with E-state index in [0.29, 0.717) is 18.1 Å². The predicted molar refractivity (Wildman–Crippen MR) is 116 cm³/mol. The van der Waals surface area contributed by atoms with E-state index in [1.807, 2.05) is 70.6 Å². The third-order valence-electron chi connectivity index (χ3n) is 4.66. The zero-order chi connectivity index (χ0) is 20.3. The lowest BCUT2D eigenvalue weighted by Gasteiger charge is -2.07. The topological polar surface area (TPSA) is 85.8 Å². The number of aryl methyl sites for hydroxylation is 1. The Bertz CT molecular complexity index is 1290. The van der Waals surface area contributed by atoms with Crippen molar-refractivity contribution < 1.29 is 9.32 Å². The average Bonchev–Trinajstić information content (AvgIpc) is 3.53. The largest absolute Gasteiger partial charge is 0.339 e. The molecule has 8 heteroatoms. The summed E-state index contributed by atoms with van der Waals surface area (Å²) >= 11 is 1.55. The van der Waals surface area contributed by atoms with Gasteiger partial charge in [0, 0.05) is 24.2 Å². The SMILES string of the molecule is O=C(CCc1nc(-c2cccs2)no1)Nc1ccc(-n2cnc3ccccc32)cc1. The maximum Gasteiger partial charge on any atom is 0.227 e. The van der Waals surface area contributed by atoms with Crippen molar-refractivity contribution in [3.05, 3.63) is 78.3 Å². The van der Waals surface area contributed by atoms with Crippen molar-refractivity contribution in [2.75, 3.05) is 5.32 Å². The Kier molecular flexibility index (Phi) is 4.82. The molecule has 0 aliphatic carbocycles. The van der Waals surface area contributed by atoms with Crippen LogP contribution in [-0.4, -0.2) is 25.6 Å². The van der Waals surface area contributed by atoms with Gasteiger partial charge in [0.2, 0.25) is 17.6 Å². The Hall–Kier alpha value is -3.78. The van der Waals surface area contributed by atoms with Gasteiger partial charge >= 0.3 is 0 Å². The Balaban J connectivity index is 1.20. The summed E-state index contributed by atoms with van der Waals surface area (Å²) in [5, 5.41) is 8.82. The molecule has 0 bridgehead atoms. The fourth-order valence-corrected chi connectivity index (χ4v) is 3.83. The number of aromatic nitrogens is 4. The first-order valence-electron chi connectivity index (χ1n) is 9.45. The maximum atomic E-state index is 12.3. The third-order valence-corrected chi connectivity index (χ3v) is 5.52. The number of hydrogen-bond acceptors (Lipinski definition) is 6. The molecule has 0 spiro atoms. The minimum absolute atomic E-state index is 0.105. The van der Waals surface area contributed by atoms with Crippen LogP contribution in [0.2, 0.25) is 0 Å². The molecule has 0 unspecified atom stereocenters. The van der Waals surface area contributed by atoms with Gasteiger partial charge in [-0.05, 0) is 47.8 Å². The summed E-state index contributed by atoms with van der Waals surface area (Å²) in [5.41, 5.74) is 3.69. The van der Waals surface area contributed by atoms with Crippen molar-refractivity contribution in [2.45, 2.75) is 12.8 Å². The van der Waals surface area contributed by atoms with Crippen LogP contribution in [0.15, 0.2) is 76.9 Å². The van der Waals surface area contributed by atoms with Crippen LogP contribution in [0.5, 0.6) is 0 Å². The van der Waals surface area contributed by atoms with Crippen molar-refractivity contribution >= 4 is 34.0 Å². The molecular weight excluding hydrogens is 398 g/mol. The highest BCUT2D eigenvalue weighted by molar-refractivity contribution is 7.13. The first kappa shape index (κ1) is 18.3. The molecule has 0 saturated heterocycles. The van der Waals surface area contributed by atoms with Crippen LogP contribution in [0.1, 0.15) is 12.3 Å². The van der Waals surface area contributed by atoms with Gasteiger partial charge < -0.3 is 9.84 Å². The molecular formula is C22H17N5O2S. The first-order valence-corrected chi connectivity index (χ1v) is 10.3. The summed E-state index contributed by atoms with van der Waals surface area (Å²) in [6.07, 6.45) is 2.45. The minimum Gasteiger partial charge on any atom is -0.339 e. The van der Waals surface area contributed by atoms with Crippen molar-refractivity contribution in [1.29, 1.82) is 0 Å². The molecule has 0 atom stereocenters. The van der Waals surface area contributed by atoms with Crippen molar-refractivity contribution in [2.24, 2.45) is 0 Å². The van der Waals surface area contributed by atoms with Crippen LogP contribution in [0.3, 0.4) is 0 Å². The quantitative estimate of drug-likeness (QED) is 0.434. The number of nitrogens with one attached hydrogen (secondary N) is 1. The molecule has 3 heterocycles. The molecule has 1 amide bonds. The monoisotopic (exact) mass is 415 g/mol. The zero-order valence-electron chi connectivity index (χ0n) is 15.9. The van der Waals surface area contributed by atoms with Gasteiger partial charge in [0.15, 0.2) is 0 Å². The van der Waals surface area contributed by atoms with E-state index >= 15 is 0 Å². The number of hydrogen-bond donors (Lipinski definition) is 1. The van der Waals surface area contributed by atoms with E-state index in [2.05, 4.69) is 20.4 Å². The number of carbonyl (C=O) groups is 1. The summed E-state index contributed by atoms with van der Waals surface area (Å²) in [6.45, 7) is 0. The van der Waals surface area contributed by atoms with Crippen LogP contribution in [0, 0.1) is 0 Å². The van der Waals surface area contributed by atoms with E-state index in [1.54, 1.807) is 17.7 Å². The second-order valence-electron chi connectivity index (χ2n) is 6.69. The minimum atomic E-state index is -0.105. The molecule has 5 aromatic rings. The molecule has 148 valence electrons. The van der Waals surface area contributed by atoms with Gasteiger partial charge in [-0.3, -0.25) is 9.36 Å². The molecule has 3 aromatic heterocycles. The highest BCUT2D eigenvalue weighted by Crippen LogP contribution is 2.22. The van der Waals surface area contributed by atoms with Crippen molar-refractivity contribution in [3.63, 3.8) is 0 Å². The van der Waals surface area contributed by atoms with E-state index in [9.17, 15) is 4.79 Å². The van der Waals surface area contributed by atoms with Gasteiger partial charge in [-0.1, -0.05) is 23.4 Å². The molecule has 1 N–H and O–H groups in total. The van der Waals surface area contributed by atoms with Crippen LogP contribution < -0.4 is 5.32 Å². The zero-order valence-corrected chi connectivity index (χ0v) is 16.7. The Morgan fingerprint density at radius 2 is 1.93 bits per heavy atom. The van der Waals surface area contributed by atoms with E-state index in [0.717, 1.165) is 27.3 Å². The third kappa shape index (κ3) is 3.72. The summed E-state index contributed by atoms with van der Waals surface area (Å²) in [5.74, 6) is 0.908. The number of imidazole rings is 1. The summed E-state index contributed by atoms with van der Waals surface area (Å²) < 4.78 is 7.25. The highest BCUT2D eigenvalue weighted by atomic mass is 32.1. The van der Waals surface area contributed by atoms with Crippen molar-refractivity contribution in [3.8, 4) is 16.4 Å². The molecule has 0 fully saturated rings. The maximum absolute atomic E-state index is 12.3. The molecule has 0 radical (unpaired) electrons. The molecule has 30 heavy (non-hydrogen) atoms. The molecule has 5 rings (SSSR count). The average molecular weight is 415 g/mol. The molecule has 0 saturated carbocycles. The van der Waals surface area contributed by atoms with Crippen LogP contribution in [0.4, 0.5) is 5.69 Å². The van der Waals surface area contributed by atoms with E-state index in [4.69, 9.17) is 4.52 Å². The Morgan fingerprint density at radius 3 is 2.77 bits per heavy atom. The molecule has 7 nitrogen and oxygen atoms in total. The number of para-hydroxylation sites is 2. The fraction of sp³-hybridized carbons (Fsp3) is 0.0909. The van der Waals surface area contributed by atoms with E-state index < -0.39 is 0 Å². The lowest BCUT2D eigenvalue weighted by atomic mass is 10.2. The standard InChI is InChI=1S/C22H17N5O2S/c28-20(11-12-21-25-22(26-29-21)19-6-3-13-30-19)24-15-7-9-16(10-8-15)27-14-23-17-4-1-2-5-18(17)27/h1-10,13-14H,11-12H2,(H,24,28). The molecule has 0 aliphatic rings. The number of amides is 1. The number of thiophene rings is 1. The smallest absolute Gasteiger partial charge is 0.227 e. The number of benzene rings is 2. The number of nitrogens with zero attached hydrogens (tertiary/aromatic N) is 4. The van der Waals surface area contributed by atoms with Crippen LogP contribution in [-0.2, 0) is 11.2 Å². The number of carbonyl (C=O) groups excluding carboxylic acids is 1. The summed E-state index contributed by atoms with van der Waals surface area (Å²) in [6, 6.07) is 19.5. The highest BCUT2D eigenvalue weighted by Gasteiger charge is 2.12. The molecule has 0 aliphatic heterocycles. The summed E-state index contributed by atoms with van der Waals surface area (Å²) in [7, 11) is 0. The van der Waals surface area contributed by atoms with Crippen LogP contribution >= 0.6 is 11.3 Å². The Labute approximate surface area is 176 Å². The van der Waals surface area contributed by atoms with E-state index in [-0.39, 0.29) is 12.3 Å². The van der Waals surface area contributed by atoms with Gasteiger partial charge in [-0.2, -0.15) is 4.98 Å². The van der Waals surface area contributed by atoms with Gasteiger partial charge in [0.25, 0.3) is 0 Å². The van der Waals surface area contributed by atoms with Gasteiger partial charge in [0.1, 0.15) is 6.33 Å². The first-order chi connectivity index (χ1) is 14.8. The normalized spacial score (nSPS) is 11.1. The lowest BCUT2D eigenvalue weighted by molar-refractivity contribution is -0.116. The lowest BCUT2D eigenvalue weighted by Crippen LogP contribution is -2.12. The summed E-state index contributed by atoms with van der Waals surface area (Å²) in [4.78, 5) is 22.0. The number of fused-ring (bicyclic) bond motifs is 1. The fourth-order valence-electron chi connectivity index (χ4n) is 3.18. The number of anilines is 1. The van der Waals surface area contributed by atoms with Crippen molar-refractivity contribution in [1.82, 2.24) is 19.7 Å².